The lowest BCUT2D eigenvalue weighted by atomic mass is 10.3. The van der Waals surface area contributed by atoms with Gasteiger partial charge in [-0.25, -0.2) is 4.98 Å². The number of H-pyrrole nitrogens is 1. The summed E-state index contributed by atoms with van der Waals surface area (Å²) in [6.07, 6.45) is 6.02. The van der Waals surface area contributed by atoms with E-state index in [4.69, 9.17) is 10.5 Å². The van der Waals surface area contributed by atoms with Crippen molar-refractivity contribution in [1.82, 2.24) is 15.0 Å². The summed E-state index contributed by atoms with van der Waals surface area (Å²) >= 11 is 0. The van der Waals surface area contributed by atoms with Gasteiger partial charge in [0.15, 0.2) is 0 Å². The Hall–Kier alpha value is -2.24. The van der Waals surface area contributed by atoms with E-state index in [1.807, 2.05) is 19.1 Å². The summed E-state index contributed by atoms with van der Waals surface area (Å²) in [6, 6.07) is 3.70. The van der Waals surface area contributed by atoms with E-state index in [0.717, 1.165) is 11.6 Å². The SMILES string of the molecule is CC(Nc1ccc(N)c(OCC2CC2)n1)c1ncc[nH]1. The van der Waals surface area contributed by atoms with Crippen molar-refractivity contribution in [2.24, 2.45) is 5.92 Å². The van der Waals surface area contributed by atoms with Crippen LogP contribution in [0.2, 0.25) is 0 Å². The summed E-state index contributed by atoms with van der Waals surface area (Å²) in [4.78, 5) is 11.7. The first-order valence-electron chi connectivity index (χ1n) is 6.87. The number of hydrogen-bond acceptors (Lipinski definition) is 5. The Labute approximate surface area is 117 Å². The van der Waals surface area contributed by atoms with Crippen LogP contribution in [-0.2, 0) is 0 Å². The molecule has 6 heteroatoms. The number of ether oxygens (including phenoxy) is 1. The predicted molar refractivity (Wildman–Crippen MR) is 77.5 cm³/mol. The van der Waals surface area contributed by atoms with Gasteiger partial charge in [0.2, 0.25) is 5.88 Å². The van der Waals surface area contributed by atoms with Gasteiger partial charge < -0.3 is 20.8 Å². The molecule has 0 aromatic carbocycles. The van der Waals surface area contributed by atoms with Crippen LogP contribution in [0.15, 0.2) is 24.5 Å². The topological polar surface area (TPSA) is 88.8 Å². The highest BCUT2D eigenvalue weighted by molar-refractivity contribution is 5.54. The average molecular weight is 273 g/mol. The molecule has 0 aliphatic heterocycles. The molecule has 0 spiro atoms. The number of rotatable bonds is 6. The number of nitrogens with two attached hydrogens (primary N) is 1. The van der Waals surface area contributed by atoms with Crippen LogP contribution in [-0.4, -0.2) is 21.6 Å². The maximum Gasteiger partial charge on any atom is 0.239 e. The van der Waals surface area contributed by atoms with Gasteiger partial charge in [0.1, 0.15) is 11.6 Å². The van der Waals surface area contributed by atoms with Crippen molar-refractivity contribution in [2.75, 3.05) is 17.7 Å². The molecule has 1 aliphatic carbocycles. The molecular weight excluding hydrogens is 254 g/mol. The number of imidazole rings is 1. The van der Waals surface area contributed by atoms with Gasteiger partial charge in [-0.05, 0) is 37.8 Å². The molecule has 1 atom stereocenters. The molecule has 4 N–H and O–H groups in total. The highest BCUT2D eigenvalue weighted by Crippen LogP contribution is 2.31. The molecule has 106 valence electrons. The van der Waals surface area contributed by atoms with Gasteiger partial charge >= 0.3 is 0 Å². The fourth-order valence-electron chi connectivity index (χ4n) is 1.93. The van der Waals surface area contributed by atoms with Crippen LogP contribution in [0.25, 0.3) is 0 Å². The summed E-state index contributed by atoms with van der Waals surface area (Å²) in [5.74, 6) is 2.78. The number of anilines is 2. The normalized spacial score (nSPS) is 15.8. The first-order chi connectivity index (χ1) is 9.72. The van der Waals surface area contributed by atoms with Gasteiger partial charge in [0, 0.05) is 12.4 Å². The summed E-state index contributed by atoms with van der Waals surface area (Å²) in [5, 5.41) is 3.27. The molecule has 1 fully saturated rings. The maximum atomic E-state index is 5.89. The van der Waals surface area contributed by atoms with Crippen molar-refractivity contribution in [1.29, 1.82) is 0 Å². The standard InChI is InChI=1S/C14H19N5O/c1-9(13-16-6-7-17-13)18-12-5-4-11(15)14(19-12)20-8-10-2-3-10/h4-7,9-10H,2-3,8,15H2,1H3,(H,16,17)(H,18,19). The van der Waals surface area contributed by atoms with Crippen LogP contribution in [0.3, 0.4) is 0 Å². The predicted octanol–water partition coefficient (Wildman–Crippen LogP) is 2.35. The average Bonchev–Trinajstić information content (AvgIpc) is 3.10. The Bertz CT molecular complexity index is 565. The number of nitrogens with one attached hydrogen (secondary N) is 2. The van der Waals surface area contributed by atoms with E-state index in [9.17, 15) is 0 Å². The zero-order valence-corrected chi connectivity index (χ0v) is 11.5. The van der Waals surface area contributed by atoms with Crippen LogP contribution in [0.4, 0.5) is 11.5 Å². The van der Waals surface area contributed by atoms with Crippen molar-refractivity contribution >= 4 is 11.5 Å². The molecule has 0 amide bonds. The zero-order valence-electron chi connectivity index (χ0n) is 11.5. The Morgan fingerprint density at radius 1 is 1.50 bits per heavy atom. The number of aromatic nitrogens is 3. The van der Waals surface area contributed by atoms with E-state index in [1.165, 1.54) is 12.8 Å². The second-order valence-corrected chi connectivity index (χ2v) is 5.19. The summed E-state index contributed by atoms with van der Waals surface area (Å²) in [7, 11) is 0. The minimum absolute atomic E-state index is 0.0393. The van der Waals surface area contributed by atoms with Crippen molar-refractivity contribution < 1.29 is 4.74 Å². The minimum atomic E-state index is 0.0393. The molecule has 1 aliphatic rings. The van der Waals surface area contributed by atoms with Crippen molar-refractivity contribution in [3.63, 3.8) is 0 Å². The molecule has 2 aromatic rings. The van der Waals surface area contributed by atoms with Gasteiger partial charge in [-0.3, -0.25) is 0 Å². The molecule has 1 saturated carbocycles. The second kappa shape index (κ2) is 5.40. The molecule has 3 rings (SSSR count). The molecule has 0 saturated heterocycles. The monoisotopic (exact) mass is 273 g/mol. The molecule has 1 unspecified atom stereocenters. The highest BCUT2D eigenvalue weighted by atomic mass is 16.5. The Morgan fingerprint density at radius 3 is 3.05 bits per heavy atom. The van der Waals surface area contributed by atoms with Crippen LogP contribution < -0.4 is 15.8 Å². The third-order valence-corrected chi connectivity index (χ3v) is 3.34. The van der Waals surface area contributed by atoms with Gasteiger partial charge in [-0.15, -0.1) is 0 Å². The smallest absolute Gasteiger partial charge is 0.239 e. The van der Waals surface area contributed by atoms with Crippen LogP contribution in [0.5, 0.6) is 5.88 Å². The number of aromatic amines is 1. The third kappa shape index (κ3) is 3.01. The Balaban J connectivity index is 1.67. The van der Waals surface area contributed by atoms with Gasteiger partial charge in [0.25, 0.3) is 0 Å². The van der Waals surface area contributed by atoms with Crippen molar-refractivity contribution in [3.8, 4) is 5.88 Å². The van der Waals surface area contributed by atoms with Crippen LogP contribution in [0.1, 0.15) is 31.6 Å². The van der Waals surface area contributed by atoms with Gasteiger partial charge in [-0.2, -0.15) is 4.98 Å². The summed E-state index contributed by atoms with van der Waals surface area (Å²) in [6.45, 7) is 2.72. The molecule has 6 nitrogen and oxygen atoms in total. The van der Waals surface area contributed by atoms with Gasteiger partial charge in [-0.1, -0.05) is 0 Å². The second-order valence-electron chi connectivity index (χ2n) is 5.19. The van der Waals surface area contributed by atoms with Crippen molar-refractivity contribution in [2.45, 2.75) is 25.8 Å². The van der Waals surface area contributed by atoms with E-state index in [-0.39, 0.29) is 6.04 Å². The quantitative estimate of drug-likeness (QED) is 0.751. The maximum absolute atomic E-state index is 5.89. The Kier molecular flexibility index (Phi) is 3.45. The van der Waals surface area contributed by atoms with E-state index in [2.05, 4.69) is 20.3 Å². The fourth-order valence-corrected chi connectivity index (χ4v) is 1.93. The fraction of sp³-hybridized carbons (Fsp3) is 0.429. The third-order valence-electron chi connectivity index (χ3n) is 3.34. The molecule has 2 heterocycles. The number of nitrogens with zero attached hydrogens (tertiary/aromatic N) is 2. The summed E-state index contributed by atoms with van der Waals surface area (Å²) < 4.78 is 5.67. The highest BCUT2D eigenvalue weighted by Gasteiger charge is 2.22. The molecule has 20 heavy (non-hydrogen) atoms. The van der Waals surface area contributed by atoms with E-state index in [0.29, 0.717) is 24.1 Å². The van der Waals surface area contributed by atoms with Crippen LogP contribution >= 0.6 is 0 Å². The molecular formula is C14H19N5O. The number of hydrogen-bond donors (Lipinski definition) is 3. The minimum Gasteiger partial charge on any atom is -0.476 e. The molecule has 2 aromatic heterocycles. The largest absolute Gasteiger partial charge is 0.476 e. The van der Waals surface area contributed by atoms with Gasteiger partial charge in [0.05, 0.1) is 18.3 Å². The van der Waals surface area contributed by atoms with E-state index < -0.39 is 0 Å². The first kappa shape index (κ1) is 12.8. The van der Waals surface area contributed by atoms with E-state index in [1.54, 1.807) is 12.4 Å². The first-order valence-corrected chi connectivity index (χ1v) is 6.87. The zero-order chi connectivity index (χ0) is 13.9. The summed E-state index contributed by atoms with van der Waals surface area (Å²) in [5.41, 5.74) is 6.46. The molecule has 0 radical (unpaired) electrons. The van der Waals surface area contributed by atoms with Crippen LogP contribution in [0, 0.1) is 5.92 Å². The lowest BCUT2D eigenvalue weighted by Crippen LogP contribution is -2.11. The number of pyridine rings is 1. The molecule has 0 bridgehead atoms. The number of nitrogen functional groups attached to an aromatic ring is 1. The van der Waals surface area contributed by atoms with E-state index >= 15 is 0 Å². The Morgan fingerprint density at radius 2 is 2.35 bits per heavy atom. The van der Waals surface area contributed by atoms with Crippen molar-refractivity contribution in [3.05, 3.63) is 30.4 Å². The lowest BCUT2D eigenvalue weighted by molar-refractivity contribution is 0.290. The lowest BCUT2D eigenvalue weighted by Gasteiger charge is -2.14.